The molecule has 0 saturated carbocycles. The Hall–Kier alpha value is -2.08. The van der Waals surface area contributed by atoms with E-state index in [1.54, 1.807) is 12.4 Å². The van der Waals surface area contributed by atoms with Crippen molar-refractivity contribution in [3.8, 4) is 5.88 Å². The quantitative estimate of drug-likeness (QED) is 0.868. The summed E-state index contributed by atoms with van der Waals surface area (Å²) in [4.78, 5) is 10.5. The van der Waals surface area contributed by atoms with Crippen LogP contribution >= 0.6 is 0 Å². The van der Waals surface area contributed by atoms with Crippen LogP contribution in [0, 0.1) is 18.6 Å². The van der Waals surface area contributed by atoms with E-state index in [0.29, 0.717) is 18.0 Å². The molecule has 1 aliphatic rings. The third-order valence-corrected chi connectivity index (χ3v) is 3.96. The van der Waals surface area contributed by atoms with Crippen molar-refractivity contribution < 1.29 is 13.5 Å². The molecule has 0 atom stereocenters. The number of hydrogen-bond donors (Lipinski definition) is 0. The van der Waals surface area contributed by atoms with Crippen LogP contribution in [0.5, 0.6) is 5.88 Å². The van der Waals surface area contributed by atoms with Crippen molar-refractivity contribution in [2.24, 2.45) is 0 Å². The van der Waals surface area contributed by atoms with Crippen molar-refractivity contribution in [1.82, 2.24) is 14.9 Å². The molecular weight excluding hydrogens is 300 g/mol. The van der Waals surface area contributed by atoms with E-state index in [1.165, 1.54) is 12.1 Å². The van der Waals surface area contributed by atoms with E-state index in [0.717, 1.165) is 37.7 Å². The Kier molecular flexibility index (Phi) is 4.81. The lowest BCUT2D eigenvalue weighted by molar-refractivity contribution is 0.0921. The minimum Gasteiger partial charge on any atom is -0.473 e. The lowest BCUT2D eigenvalue weighted by atomic mass is 10.1. The van der Waals surface area contributed by atoms with Gasteiger partial charge in [-0.1, -0.05) is 0 Å². The molecule has 1 aromatic heterocycles. The fourth-order valence-corrected chi connectivity index (χ4v) is 2.76. The van der Waals surface area contributed by atoms with E-state index < -0.39 is 5.82 Å². The highest BCUT2D eigenvalue weighted by Gasteiger charge is 2.22. The molecule has 0 N–H and O–H groups in total. The number of halogens is 2. The highest BCUT2D eigenvalue weighted by molar-refractivity contribution is 5.18. The molecule has 2 heterocycles. The molecule has 122 valence electrons. The second-order valence-electron chi connectivity index (χ2n) is 5.83. The number of nitrogens with zero attached hydrogens (tertiary/aromatic N) is 3. The maximum absolute atomic E-state index is 13.7. The summed E-state index contributed by atoms with van der Waals surface area (Å²) in [5, 5.41) is 0. The van der Waals surface area contributed by atoms with Gasteiger partial charge in [0, 0.05) is 31.4 Å². The van der Waals surface area contributed by atoms with Crippen molar-refractivity contribution in [1.29, 1.82) is 0 Å². The van der Waals surface area contributed by atoms with Crippen LogP contribution in [-0.4, -0.2) is 34.1 Å². The van der Waals surface area contributed by atoms with Crippen molar-refractivity contribution in [3.63, 3.8) is 0 Å². The Labute approximate surface area is 134 Å². The second-order valence-corrected chi connectivity index (χ2v) is 5.83. The number of benzene rings is 1. The maximum Gasteiger partial charge on any atom is 0.232 e. The van der Waals surface area contributed by atoms with Gasteiger partial charge in [-0.15, -0.1) is 0 Å². The van der Waals surface area contributed by atoms with Gasteiger partial charge in [-0.3, -0.25) is 9.88 Å². The van der Waals surface area contributed by atoms with Gasteiger partial charge in [0.1, 0.15) is 17.7 Å². The molecule has 1 aliphatic heterocycles. The van der Waals surface area contributed by atoms with E-state index in [9.17, 15) is 8.78 Å². The summed E-state index contributed by atoms with van der Waals surface area (Å²) >= 11 is 0. The summed E-state index contributed by atoms with van der Waals surface area (Å²) in [6.07, 6.45) is 5.03. The van der Waals surface area contributed by atoms with E-state index in [1.807, 2.05) is 6.92 Å². The van der Waals surface area contributed by atoms with E-state index in [-0.39, 0.29) is 11.9 Å². The molecule has 6 heteroatoms. The lowest BCUT2D eigenvalue weighted by Crippen LogP contribution is -2.38. The van der Waals surface area contributed by atoms with Gasteiger partial charge in [-0.25, -0.2) is 13.8 Å². The first-order valence-electron chi connectivity index (χ1n) is 7.72. The number of rotatable bonds is 4. The normalized spacial score (nSPS) is 16.5. The van der Waals surface area contributed by atoms with E-state index in [4.69, 9.17) is 4.74 Å². The van der Waals surface area contributed by atoms with E-state index >= 15 is 0 Å². The maximum atomic E-state index is 13.7. The third-order valence-electron chi connectivity index (χ3n) is 3.96. The van der Waals surface area contributed by atoms with Gasteiger partial charge in [-0.2, -0.15) is 0 Å². The number of aromatic nitrogens is 2. The highest BCUT2D eigenvalue weighted by atomic mass is 19.1. The molecule has 3 rings (SSSR count). The number of ether oxygens (including phenoxy) is 1. The molecule has 1 aromatic carbocycles. The first-order valence-corrected chi connectivity index (χ1v) is 7.72. The summed E-state index contributed by atoms with van der Waals surface area (Å²) in [5.74, 6) is -0.225. The summed E-state index contributed by atoms with van der Waals surface area (Å²) in [6.45, 7) is 3.84. The fraction of sp³-hybridized carbons (Fsp3) is 0.412. The molecule has 23 heavy (non-hydrogen) atoms. The smallest absolute Gasteiger partial charge is 0.232 e. The van der Waals surface area contributed by atoms with Crippen LogP contribution in [0.3, 0.4) is 0 Å². The largest absolute Gasteiger partial charge is 0.473 e. The number of hydrogen-bond acceptors (Lipinski definition) is 4. The Morgan fingerprint density at radius 1 is 1.22 bits per heavy atom. The van der Waals surface area contributed by atoms with Crippen LogP contribution in [0.1, 0.15) is 24.1 Å². The summed E-state index contributed by atoms with van der Waals surface area (Å²) in [6, 6.07) is 3.58. The number of aryl methyl sites for hydroxylation is 1. The third kappa shape index (κ3) is 4.22. The summed E-state index contributed by atoms with van der Waals surface area (Å²) in [5.41, 5.74) is 1.22. The SMILES string of the molecule is Cc1cncc(OC2CCN(Cc3cc(F)ccc3F)CC2)n1. The molecule has 2 aromatic rings. The zero-order valence-corrected chi connectivity index (χ0v) is 13.0. The number of piperidine rings is 1. The molecule has 1 fully saturated rings. The second kappa shape index (κ2) is 7.00. The number of likely N-dealkylation sites (tertiary alicyclic amines) is 1. The van der Waals surface area contributed by atoms with Gasteiger partial charge >= 0.3 is 0 Å². The first-order chi connectivity index (χ1) is 11.1. The van der Waals surface area contributed by atoms with Gasteiger partial charge in [0.05, 0.1) is 11.9 Å². The Morgan fingerprint density at radius 3 is 2.74 bits per heavy atom. The summed E-state index contributed by atoms with van der Waals surface area (Å²) < 4.78 is 32.8. The van der Waals surface area contributed by atoms with Crippen molar-refractivity contribution in [2.45, 2.75) is 32.4 Å². The Balaban J connectivity index is 1.53. The van der Waals surface area contributed by atoms with Crippen molar-refractivity contribution in [2.75, 3.05) is 13.1 Å². The van der Waals surface area contributed by atoms with Gasteiger partial charge in [0.25, 0.3) is 0 Å². The zero-order chi connectivity index (χ0) is 16.2. The van der Waals surface area contributed by atoms with E-state index in [2.05, 4.69) is 14.9 Å². The van der Waals surface area contributed by atoms with Crippen LogP contribution in [0.4, 0.5) is 8.78 Å². The van der Waals surface area contributed by atoms with Crippen LogP contribution in [0.15, 0.2) is 30.6 Å². The van der Waals surface area contributed by atoms with Gasteiger partial charge < -0.3 is 4.74 Å². The van der Waals surface area contributed by atoms with Gasteiger partial charge in [0.2, 0.25) is 5.88 Å². The van der Waals surface area contributed by atoms with Gasteiger partial charge in [0.15, 0.2) is 0 Å². The van der Waals surface area contributed by atoms with Crippen LogP contribution < -0.4 is 4.74 Å². The monoisotopic (exact) mass is 319 g/mol. The molecule has 0 radical (unpaired) electrons. The first kappa shape index (κ1) is 15.8. The summed E-state index contributed by atoms with van der Waals surface area (Å²) in [7, 11) is 0. The van der Waals surface area contributed by atoms with Crippen LogP contribution in [0.2, 0.25) is 0 Å². The predicted molar refractivity (Wildman–Crippen MR) is 82.1 cm³/mol. The zero-order valence-electron chi connectivity index (χ0n) is 13.0. The highest BCUT2D eigenvalue weighted by Crippen LogP contribution is 2.20. The van der Waals surface area contributed by atoms with Crippen LogP contribution in [-0.2, 0) is 6.54 Å². The standard InChI is InChI=1S/C17H19F2N3O/c1-12-9-20-10-17(21-12)23-15-4-6-22(7-5-15)11-13-8-14(18)2-3-16(13)19/h2-3,8-10,15H,4-7,11H2,1H3. The molecule has 0 bridgehead atoms. The van der Waals surface area contributed by atoms with Crippen molar-refractivity contribution in [3.05, 3.63) is 53.5 Å². The average Bonchev–Trinajstić information content (AvgIpc) is 2.53. The lowest BCUT2D eigenvalue weighted by Gasteiger charge is -2.31. The molecule has 0 amide bonds. The van der Waals surface area contributed by atoms with Crippen molar-refractivity contribution >= 4 is 0 Å². The molecule has 0 spiro atoms. The minimum atomic E-state index is -0.405. The molecule has 0 unspecified atom stereocenters. The average molecular weight is 319 g/mol. The minimum absolute atomic E-state index is 0.0831. The topological polar surface area (TPSA) is 38.2 Å². The molecule has 0 aliphatic carbocycles. The molecular formula is C17H19F2N3O. The fourth-order valence-electron chi connectivity index (χ4n) is 2.76. The van der Waals surface area contributed by atoms with Gasteiger partial charge in [-0.05, 0) is 38.0 Å². The van der Waals surface area contributed by atoms with Crippen LogP contribution in [0.25, 0.3) is 0 Å². The Bertz CT molecular complexity index is 673. The predicted octanol–water partition coefficient (Wildman–Crippen LogP) is 3.11. The Morgan fingerprint density at radius 2 is 2.00 bits per heavy atom. The molecule has 1 saturated heterocycles. The molecule has 4 nitrogen and oxygen atoms in total.